The van der Waals surface area contributed by atoms with Gasteiger partial charge < -0.3 is 20.7 Å². The Balaban J connectivity index is 2.04. The minimum atomic E-state index is -0.538. The molecule has 1 heterocycles. The van der Waals surface area contributed by atoms with Crippen molar-refractivity contribution in [2.24, 2.45) is 11.7 Å². The molecule has 3 N–H and O–H groups in total. The molecule has 0 radical (unpaired) electrons. The van der Waals surface area contributed by atoms with Crippen molar-refractivity contribution in [3.8, 4) is 0 Å². The predicted octanol–water partition coefficient (Wildman–Crippen LogP) is -0.358. The van der Waals surface area contributed by atoms with Crippen molar-refractivity contribution < 1.29 is 14.3 Å². The quantitative estimate of drug-likeness (QED) is 0.692. The molecule has 2 aliphatic rings. The first-order chi connectivity index (χ1) is 9.49. The summed E-state index contributed by atoms with van der Waals surface area (Å²) in [6, 6.07) is -0.557. The van der Waals surface area contributed by atoms with Crippen LogP contribution in [0.15, 0.2) is 12.2 Å². The van der Waals surface area contributed by atoms with Crippen molar-refractivity contribution in [1.29, 1.82) is 0 Å². The van der Waals surface area contributed by atoms with Gasteiger partial charge in [0.05, 0.1) is 19.1 Å². The highest BCUT2D eigenvalue weighted by atomic mass is 16.5. The fraction of sp³-hybridized carbons (Fsp3) is 0.714. The Hall–Kier alpha value is -1.40. The number of hydrogen-bond donors (Lipinski definition) is 2. The van der Waals surface area contributed by atoms with Crippen LogP contribution in [0.4, 0.5) is 0 Å². The van der Waals surface area contributed by atoms with E-state index in [0.717, 1.165) is 0 Å². The molecule has 1 saturated heterocycles. The van der Waals surface area contributed by atoms with Gasteiger partial charge in [-0.05, 0) is 20.3 Å². The summed E-state index contributed by atoms with van der Waals surface area (Å²) in [5.74, 6) is -0.391. The van der Waals surface area contributed by atoms with Crippen molar-refractivity contribution in [2.45, 2.75) is 38.4 Å². The fourth-order valence-corrected chi connectivity index (χ4v) is 2.59. The average Bonchev–Trinajstić information content (AvgIpc) is 2.84. The van der Waals surface area contributed by atoms with Crippen LogP contribution in [-0.2, 0) is 14.3 Å². The third-order valence-electron chi connectivity index (χ3n) is 3.58. The Morgan fingerprint density at radius 2 is 2.15 bits per heavy atom. The normalized spacial score (nSPS) is 29.8. The maximum absolute atomic E-state index is 12.5. The molecule has 0 spiro atoms. The third kappa shape index (κ3) is 3.37. The zero-order chi connectivity index (χ0) is 14.7. The van der Waals surface area contributed by atoms with E-state index in [-0.39, 0.29) is 36.4 Å². The smallest absolute Gasteiger partial charge is 0.245 e. The van der Waals surface area contributed by atoms with E-state index in [9.17, 15) is 9.59 Å². The molecule has 0 aromatic carbocycles. The number of carbonyl (C=O) groups is 2. The van der Waals surface area contributed by atoms with Gasteiger partial charge in [0.15, 0.2) is 0 Å². The van der Waals surface area contributed by atoms with Gasteiger partial charge in [0.25, 0.3) is 0 Å². The molecule has 1 aliphatic heterocycles. The molecular formula is C14H23N3O3. The molecule has 3 atom stereocenters. The van der Waals surface area contributed by atoms with E-state index in [1.165, 1.54) is 0 Å². The van der Waals surface area contributed by atoms with Gasteiger partial charge in [-0.15, -0.1) is 0 Å². The van der Waals surface area contributed by atoms with E-state index in [4.69, 9.17) is 10.5 Å². The average molecular weight is 281 g/mol. The first kappa shape index (κ1) is 15.0. The lowest BCUT2D eigenvalue weighted by molar-refractivity contribution is -0.150. The van der Waals surface area contributed by atoms with Gasteiger partial charge in [0.1, 0.15) is 6.04 Å². The van der Waals surface area contributed by atoms with E-state index < -0.39 is 6.04 Å². The van der Waals surface area contributed by atoms with Gasteiger partial charge in [-0.3, -0.25) is 9.59 Å². The topological polar surface area (TPSA) is 84.7 Å². The monoisotopic (exact) mass is 281 g/mol. The Kier molecular flexibility index (Phi) is 4.77. The van der Waals surface area contributed by atoms with Crippen molar-refractivity contribution in [2.75, 3.05) is 19.8 Å². The minimum absolute atomic E-state index is 0.0265. The molecule has 112 valence electrons. The lowest BCUT2D eigenvalue weighted by atomic mass is 10.0. The van der Waals surface area contributed by atoms with Gasteiger partial charge in [-0.2, -0.15) is 0 Å². The minimum Gasteiger partial charge on any atom is -0.377 e. The molecule has 1 fully saturated rings. The van der Waals surface area contributed by atoms with Gasteiger partial charge in [0.2, 0.25) is 11.8 Å². The number of nitrogens with zero attached hydrogens (tertiary/aromatic N) is 1. The molecule has 0 aromatic rings. The molecular weight excluding hydrogens is 258 g/mol. The van der Waals surface area contributed by atoms with Crippen LogP contribution in [-0.4, -0.2) is 54.6 Å². The number of nitrogens with two attached hydrogens (primary N) is 1. The summed E-state index contributed by atoms with van der Waals surface area (Å²) in [4.78, 5) is 26.3. The summed E-state index contributed by atoms with van der Waals surface area (Å²) in [5, 5.41) is 2.84. The van der Waals surface area contributed by atoms with Crippen LogP contribution < -0.4 is 11.1 Å². The number of ether oxygens (including phenoxy) is 1. The molecule has 0 saturated carbocycles. The van der Waals surface area contributed by atoms with Crippen molar-refractivity contribution in [3.05, 3.63) is 12.2 Å². The Bertz CT molecular complexity index is 408. The molecule has 1 aliphatic carbocycles. The summed E-state index contributed by atoms with van der Waals surface area (Å²) in [5.41, 5.74) is 5.79. The van der Waals surface area contributed by atoms with Crippen molar-refractivity contribution >= 4 is 11.8 Å². The van der Waals surface area contributed by atoms with Crippen molar-refractivity contribution in [3.63, 3.8) is 0 Å². The van der Waals surface area contributed by atoms with E-state index in [0.29, 0.717) is 19.6 Å². The second-order valence-electron chi connectivity index (χ2n) is 5.68. The Labute approximate surface area is 119 Å². The fourth-order valence-electron chi connectivity index (χ4n) is 2.59. The summed E-state index contributed by atoms with van der Waals surface area (Å²) >= 11 is 0. The predicted molar refractivity (Wildman–Crippen MR) is 74.8 cm³/mol. The summed E-state index contributed by atoms with van der Waals surface area (Å²) in [6.07, 6.45) is 4.32. The van der Waals surface area contributed by atoms with Crippen molar-refractivity contribution in [1.82, 2.24) is 10.2 Å². The number of hydrogen-bond acceptors (Lipinski definition) is 4. The highest BCUT2D eigenvalue weighted by Gasteiger charge is 2.36. The summed E-state index contributed by atoms with van der Waals surface area (Å²) < 4.78 is 5.35. The van der Waals surface area contributed by atoms with Crippen LogP contribution in [0.1, 0.15) is 20.3 Å². The highest BCUT2D eigenvalue weighted by Crippen LogP contribution is 2.21. The summed E-state index contributed by atoms with van der Waals surface area (Å²) in [7, 11) is 0. The second-order valence-corrected chi connectivity index (χ2v) is 5.68. The molecule has 0 aromatic heterocycles. The summed E-state index contributed by atoms with van der Waals surface area (Å²) in [6.45, 7) is 4.97. The molecule has 20 heavy (non-hydrogen) atoms. The van der Waals surface area contributed by atoms with Crippen LogP contribution in [0.3, 0.4) is 0 Å². The van der Waals surface area contributed by atoms with Gasteiger partial charge >= 0.3 is 0 Å². The van der Waals surface area contributed by atoms with Crippen LogP contribution >= 0.6 is 0 Å². The number of rotatable bonds is 3. The maximum atomic E-state index is 12.5. The zero-order valence-electron chi connectivity index (χ0n) is 12.0. The van der Waals surface area contributed by atoms with E-state index in [1.807, 2.05) is 26.0 Å². The van der Waals surface area contributed by atoms with E-state index >= 15 is 0 Å². The SMILES string of the molecule is CC(C)NC(=O)C1COCCN1C(=O)C1C=CC(N)C1. The lowest BCUT2D eigenvalue weighted by Crippen LogP contribution is -2.57. The van der Waals surface area contributed by atoms with Crippen LogP contribution in [0.2, 0.25) is 0 Å². The standard InChI is InChI=1S/C14H23N3O3/c1-9(2)16-13(18)12-8-20-6-5-17(12)14(19)10-3-4-11(15)7-10/h3-4,9-12H,5-8,15H2,1-2H3,(H,16,18). The molecule has 3 unspecified atom stereocenters. The van der Waals surface area contributed by atoms with E-state index in [1.54, 1.807) is 4.90 Å². The number of nitrogens with one attached hydrogen (secondary N) is 1. The third-order valence-corrected chi connectivity index (χ3v) is 3.58. The van der Waals surface area contributed by atoms with Gasteiger partial charge in [-0.25, -0.2) is 0 Å². The maximum Gasteiger partial charge on any atom is 0.245 e. The highest BCUT2D eigenvalue weighted by molar-refractivity contribution is 5.89. The van der Waals surface area contributed by atoms with E-state index in [2.05, 4.69) is 5.32 Å². The van der Waals surface area contributed by atoms with Crippen LogP contribution in [0.5, 0.6) is 0 Å². The largest absolute Gasteiger partial charge is 0.377 e. The zero-order valence-corrected chi connectivity index (χ0v) is 12.0. The number of morpholine rings is 1. The van der Waals surface area contributed by atoms with Gasteiger partial charge in [0, 0.05) is 18.6 Å². The molecule has 0 bridgehead atoms. The Morgan fingerprint density at radius 1 is 1.40 bits per heavy atom. The first-order valence-corrected chi connectivity index (χ1v) is 7.11. The number of amides is 2. The molecule has 2 amide bonds. The Morgan fingerprint density at radius 3 is 2.75 bits per heavy atom. The molecule has 2 rings (SSSR count). The lowest BCUT2D eigenvalue weighted by Gasteiger charge is -2.36. The van der Waals surface area contributed by atoms with Crippen LogP contribution in [0, 0.1) is 5.92 Å². The first-order valence-electron chi connectivity index (χ1n) is 7.11. The molecule has 6 heteroatoms. The second kappa shape index (κ2) is 6.37. The van der Waals surface area contributed by atoms with Gasteiger partial charge in [-0.1, -0.05) is 12.2 Å². The van der Waals surface area contributed by atoms with Crippen LogP contribution in [0.25, 0.3) is 0 Å². The number of carbonyl (C=O) groups excluding carboxylic acids is 2. The molecule has 6 nitrogen and oxygen atoms in total.